The van der Waals surface area contributed by atoms with Gasteiger partial charge in [-0.2, -0.15) is 0 Å². The fourth-order valence-corrected chi connectivity index (χ4v) is 4.90. The van der Waals surface area contributed by atoms with E-state index in [0.29, 0.717) is 13.1 Å². The number of aliphatic hydroxyl groups excluding tert-OH is 1. The summed E-state index contributed by atoms with van der Waals surface area (Å²) in [5, 5.41) is 10.8. The summed E-state index contributed by atoms with van der Waals surface area (Å²) in [4.78, 5) is 16.0. The molecule has 0 aliphatic carbocycles. The van der Waals surface area contributed by atoms with Crippen molar-refractivity contribution in [3.05, 3.63) is 70.7 Å². The number of carbonyl (C=O) groups is 1. The standard InChI is InChI=1S/C21H23ClN2O2/c1-15(26)23-13-21(14-23)20(17-7-3-2-4-8-17)19(12-25)24(21)11-16-6-5-9-18(22)10-16/h2-10,19-20,25H,11-14H2,1H3/t19-,20+/m1/s1. The molecule has 4 nitrogen and oxygen atoms in total. The molecular formula is C21H23ClN2O2. The van der Waals surface area contributed by atoms with Crippen LogP contribution in [0.5, 0.6) is 0 Å². The molecule has 2 aliphatic heterocycles. The average molecular weight is 371 g/mol. The molecule has 26 heavy (non-hydrogen) atoms. The second-order valence-corrected chi connectivity index (χ2v) is 7.81. The smallest absolute Gasteiger partial charge is 0.219 e. The Kier molecular flexibility index (Phi) is 4.51. The molecule has 2 aromatic rings. The van der Waals surface area contributed by atoms with Crippen LogP contribution in [0, 0.1) is 0 Å². The second-order valence-electron chi connectivity index (χ2n) is 7.37. The zero-order chi connectivity index (χ0) is 18.3. The van der Waals surface area contributed by atoms with E-state index in [1.807, 2.05) is 41.3 Å². The summed E-state index contributed by atoms with van der Waals surface area (Å²) in [6.45, 7) is 3.86. The molecule has 2 fully saturated rings. The minimum atomic E-state index is -0.108. The van der Waals surface area contributed by atoms with Crippen LogP contribution in [-0.2, 0) is 11.3 Å². The van der Waals surface area contributed by atoms with Crippen LogP contribution in [0.15, 0.2) is 54.6 Å². The van der Waals surface area contributed by atoms with Gasteiger partial charge in [0.1, 0.15) is 0 Å². The normalized spacial score (nSPS) is 24.2. The van der Waals surface area contributed by atoms with Crippen LogP contribution >= 0.6 is 11.6 Å². The highest BCUT2D eigenvalue weighted by Gasteiger charge is 2.65. The molecule has 0 aromatic heterocycles. The molecule has 5 heteroatoms. The van der Waals surface area contributed by atoms with Crippen molar-refractivity contribution in [2.75, 3.05) is 19.7 Å². The van der Waals surface area contributed by atoms with Gasteiger partial charge < -0.3 is 10.0 Å². The third-order valence-electron chi connectivity index (χ3n) is 5.90. The Morgan fingerprint density at radius 1 is 1.19 bits per heavy atom. The zero-order valence-corrected chi connectivity index (χ0v) is 15.6. The van der Waals surface area contributed by atoms with E-state index in [9.17, 15) is 9.90 Å². The van der Waals surface area contributed by atoms with Gasteiger partial charge in [0, 0.05) is 43.5 Å². The molecule has 2 heterocycles. The maximum Gasteiger partial charge on any atom is 0.219 e. The summed E-state index contributed by atoms with van der Waals surface area (Å²) in [6, 6.07) is 18.2. The minimum Gasteiger partial charge on any atom is -0.395 e. The summed E-state index contributed by atoms with van der Waals surface area (Å²) in [5.41, 5.74) is 2.25. The Morgan fingerprint density at radius 3 is 2.54 bits per heavy atom. The summed E-state index contributed by atoms with van der Waals surface area (Å²) in [7, 11) is 0. The number of amides is 1. The van der Waals surface area contributed by atoms with Crippen molar-refractivity contribution in [1.82, 2.24) is 9.80 Å². The number of halogens is 1. The molecule has 136 valence electrons. The predicted molar refractivity (Wildman–Crippen MR) is 102 cm³/mol. The van der Waals surface area contributed by atoms with Crippen molar-refractivity contribution < 1.29 is 9.90 Å². The third kappa shape index (κ3) is 2.73. The number of carbonyl (C=O) groups excluding carboxylic acids is 1. The van der Waals surface area contributed by atoms with Gasteiger partial charge in [-0.3, -0.25) is 9.69 Å². The van der Waals surface area contributed by atoms with Crippen LogP contribution in [0.2, 0.25) is 5.02 Å². The zero-order valence-electron chi connectivity index (χ0n) is 14.8. The first-order valence-electron chi connectivity index (χ1n) is 8.98. The molecule has 4 rings (SSSR count). The van der Waals surface area contributed by atoms with Gasteiger partial charge in [-0.1, -0.05) is 54.1 Å². The summed E-state index contributed by atoms with van der Waals surface area (Å²) >= 11 is 6.15. The first-order valence-corrected chi connectivity index (χ1v) is 9.35. The molecule has 0 saturated carbocycles. The van der Waals surface area contributed by atoms with Crippen molar-refractivity contribution in [1.29, 1.82) is 0 Å². The number of nitrogens with zero attached hydrogens (tertiary/aromatic N) is 2. The highest BCUT2D eigenvalue weighted by atomic mass is 35.5. The van der Waals surface area contributed by atoms with Gasteiger partial charge in [0.05, 0.1) is 12.1 Å². The number of hydrogen-bond donors (Lipinski definition) is 1. The number of aliphatic hydroxyl groups is 1. The Morgan fingerprint density at radius 2 is 1.92 bits per heavy atom. The number of benzene rings is 2. The van der Waals surface area contributed by atoms with Crippen LogP contribution in [0.1, 0.15) is 24.0 Å². The summed E-state index contributed by atoms with van der Waals surface area (Å²) < 4.78 is 0. The maximum absolute atomic E-state index is 11.8. The predicted octanol–water partition coefficient (Wildman–Crippen LogP) is 2.90. The molecule has 1 spiro atoms. The van der Waals surface area contributed by atoms with Gasteiger partial charge in [-0.25, -0.2) is 0 Å². The van der Waals surface area contributed by atoms with Crippen molar-refractivity contribution in [3.63, 3.8) is 0 Å². The molecule has 2 aromatic carbocycles. The lowest BCUT2D eigenvalue weighted by Gasteiger charge is -2.70. The topological polar surface area (TPSA) is 43.8 Å². The lowest BCUT2D eigenvalue weighted by molar-refractivity contribution is -0.199. The van der Waals surface area contributed by atoms with Crippen LogP contribution in [0.4, 0.5) is 0 Å². The van der Waals surface area contributed by atoms with E-state index in [2.05, 4.69) is 23.1 Å². The van der Waals surface area contributed by atoms with E-state index in [4.69, 9.17) is 11.6 Å². The Bertz CT molecular complexity index is 805. The van der Waals surface area contributed by atoms with E-state index in [-0.39, 0.29) is 30.0 Å². The monoisotopic (exact) mass is 370 g/mol. The van der Waals surface area contributed by atoms with Crippen LogP contribution in [0.3, 0.4) is 0 Å². The number of rotatable bonds is 4. The third-order valence-corrected chi connectivity index (χ3v) is 6.13. The van der Waals surface area contributed by atoms with Gasteiger partial charge >= 0.3 is 0 Å². The van der Waals surface area contributed by atoms with E-state index in [0.717, 1.165) is 17.1 Å². The van der Waals surface area contributed by atoms with E-state index in [1.54, 1.807) is 6.92 Å². The Labute approximate surface area is 159 Å². The molecule has 1 amide bonds. The molecule has 2 aliphatic rings. The largest absolute Gasteiger partial charge is 0.395 e. The van der Waals surface area contributed by atoms with E-state index in [1.165, 1.54) is 5.56 Å². The first-order chi connectivity index (χ1) is 12.5. The molecule has 0 unspecified atom stereocenters. The van der Waals surface area contributed by atoms with Crippen molar-refractivity contribution in [3.8, 4) is 0 Å². The molecule has 2 saturated heterocycles. The maximum atomic E-state index is 11.8. The molecule has 2 atom stereocenters. The molecule has 0 radical (unpaired) electrons. The van der Waals surface area contributed by atoms with Crippen molar-refractivity contribution in [2.45, 2.75) is 31.0 Å². The number of hydrogen-bond acceptors (Lipinski definition) is 3. The second kappa shape index (κ2) is 6.69. The molecule has 1 N–H and O–H groups in total. The Hall–Kier alpha value is -1.88. The van der Waals surface area contributed by atoms with Crippen LogP contribution < -0.4 is 0 Å². The van der Waals surface area contributed by atoms with Gasteiger partial charge in [-0.15, -0.1) is 0 Å². The van der Waals surface area contributed by atoms with E-state index < -0.39 is 0 Å². The average Bonchev–Trinajstić information content (AvgIpc) is 2.58. The van der Waals surface area contributed by atoms with Gasteiger partial charge in [-0.05, 0) is 23.3 Å². The van der Waals surface area contributed by atoms with Gasteiger partial charge in [0.25, 0.3) is 0 Å². The summed E-state index contributed by atoms with van der Waals surface area (Å²) in [5.74, 6) is 0.334. The highest BCUT2D eigenvalue weighted by Crippen LogP contribution is 2.54. The van der Waals surface area contributed by atoms with Crippen molar-refractivity contribution >= 4 is 17.5 Å². The van der Waals surface area contributed by atoms with Crippen LogP contribution in [0.25, 0.3) is 0 Å². The number of likely N-dealkylation sites (tertiary alicyclic amines) is 2. The lowest BCUT2D eigenvalue weighted by Crippen LogP contribution is -2.84. The first kappa shape index (κ1) is 17.5. The summed E-state index contributed by atoms with van der Waals surface area (Å²) in [6.07, 6.45) is 0. The molecular weight excluding hydrogens is 348 g/mol. The Balaban J connectivity index is 1.65. The van der Waals surface area contributed by atoms with Crippen LogP contribution in [-0.4, -0.2) is 52.1 Å². The SMILES string of the molecule is CC(=O)N1CC2(C1)[C@@H](c1ccccc1)[C@@H](CO)N2Cc1cccc(Cl)c1. The van der Waals surface area contributed by atoms with Gasteiger partial charge in [0.2, 0.25) is 5.91 Å². The van der Waals surface area contributed by atoms with E-state index >= 15 is 0 Å². The molecule has 0 bridgehead atoms. The van der Waals surface area contributed by atoms with Gasteiger partial charge in [0.15, 0.2) is 0 Å². The minimum absolute atomic E-state index is 0.0467. The fraction of sp³-hybridized carbons (Fsp3) is 0.381. The lowest BCUT2D eigenvalue weighted by atomic mass is 9.60. The van der Waals surface area contributed by atoms with Crippen molar-refractivity contribution in [2.24, 2.45) is 0 Å². The fourth-order valence-electron chi connectivity index (χ4n) is 4.68. The quantitative estimate of drug-likeness (QED) is 0.900. The highest BCUT2D eigenvalue weighted by molar-refractivity contribution is 6.30.